The molecule has 0 radical (unpaired) electrons. The molecule has 1 aromatic rings. The first-order valence-corrected chi connectivity index (χ1v) is 8.33. The van der Waals surface area contributed by atoms with Crippen LogP contribution in [0.3, 0.4) is 0 Å². The fourth-order valence-corrected chi connectivity index (χ4v) is 3.55. The Morgan fingerprint density at radius 2 is 1.86 bits per heavy atom. The Morgan fingerprint density at radius 3 is 2.50 bits per heavy atom. The van der Waals surface area contributed by atoms with Crippen molar-refractivity contribution >= 4 is 5.91 Å². The third kappa shape index (κ3) is 3.32. The zero-order valence-electron chi connectivity index (χ0n) is 13.4. The van der Waals surface area contributed by atoms with E-state index in [0.29, 0.717) is 25.9 Å². The molecule has 2 fully saturated rings. The maximum atomic E-state index is 15.0. The molecule has 0 saturated carbocycles. The van der Waals surface area contributed by atoms with E-state index in [1.807, 2.05) is 0 Å². The van der Waals surface area contributed by atoms with Crippen molar-refractivity contribution < 1.29 is 9.18 Å². The van der Waals surface area contributed by atoms with Crippen LogP contribution in [0.25, 0.3) is 0 Å². The minimum atomic E-state index is -1.63. The molecular weight excluding hydrogens is 279 g/mol. The van der Waals surface area contributed by atoms with E-state index in [0.717, 1.165) is 32.5 Å². The van der Waals surface area contributed by atoms with E-state index in [2.05, 4.69) is 36.1 Å². The van der Waals surface area contributed by atoms with Crippen LogP contribution in [0.4, 0.5) is 4.39 Å². The summed E-state index contributed by atoms with van der Waals surface area (Å²) in [6.45, 7) is 5.71. The summed E-state index contributed by atoms with van der Waals surface area (Å²) in [7, 11) is 0. The first kappa shape index (κ1) is 15.5. The van der Waals surface area contributed by atoms with Crippen LogP contribution in [-0.4, -0.2) is 47.6 Å². The van der Waals surface area contributed by atoms with E-state index < -0.39 is 5.67 Å². The number of piperidine rings is 1. The summed E-state index contributed by atoms with van der Waals surface area (Å²) in [6, 6.07) is 8.43. The summed E-state index contributed by atoms with van der Waals surface area (Å²) in [6.07, 6.45) is 2.69. The van der Waals surface area contributed by atoms with E-state index in [4.69, 9.17) is 0 Å². The van der Waals surface area contributed by atoms with Crippen LogP contribution in [0.1, 0.15) is 36.8 Å². The predicted molar refractivity (Wildman–Crippen MR) is 85.3 cm³/mol. The Bertz CT molecular complexity index is 532. The Morgan fingerprint density at radius 1 is 1.18 bits per heavy atom. The number of amides is 1. The van der Waals surface area contributed by atoms with Crippen molar-refractivity contribution in [2.24, 2.45) is 0 Å². The number of alkyl halides is 1. The van der Waals surface area contributed by atoms with Crippen molar-refractivity contribution in [3.05, 3.63) is 35.4 Å². The topological polar surface area (TPSA) is 23.6 Å². The summed E-state index contributed by atoms with van der Waals surface area (Å²) in [4.78, 5) is 16.3. The average molecular weight is 304 g/mol. The van der Waals surface area contributed by atoms with Gasteiger partial charge in [-0.1, -0.05) is 29.8 Å². The maximum absolute atomic E-state index is 15.0. The second kappa shape index (κ2) is 6.37. The van der Waals surface area contributed by atoms with Crippen LogP contribution in [0.15, 0.2) is 24.3 Å². The van der Waals surface area contributed by atoms with Crippen molar-refractivity contribution in [3.63, 3.8) is 0 Å². The highest BCUT2D eigenvalue weighted by atomic mass is 19.1. The van der Waals surface area contributed by atoms with Gasteiger partial charge in [-0.05, 0) is 25.3 Å². The fourth-order valence-electron chi connectivity index (χ4n) is 3.55. The van der Waals surface area contributed by atoms with Crippen molar-refractivity contribution in [3.8, 4) is 0 Å². The lowest BCUT2D eigenvalue weighted by atomic mass is 9.91. The third-order valence-electron chi connectivity index (χ3n) is 4.91. The van der Waals surface area contributed by atoms with E-state index in [9.17, 15) is 9.18 Å². The van der Waals surface area contributed by atoms with Gasteiger partial charge in [-0.2, -0.15) is 0 Å². The largest absolute Gasteiger partial charge is 0.340 e. The summed E-state index contributed by atoms with van der Waals surface area (Å²) in [5.41, 5.74) is 0.878. The molecule has 2 saturated heterocycles. The zero-order chi connectivity index (χ0) is 15.6. The first-order valence-electron chi connectivity index (χ1n) is 8.33. The van der Waals surface area contributed by atoms with Crippen LogP contribution in [-0.2, 0) is 11.3 Å². The second-order valence-corrected chi connectivity index (χ2v) is 6.73. The number of benzene rings is 1. The van der Waals surface area contributed by atoms with Gasteiger partial charge in [0.1, 0.15) is 0 Å². The molecule has 2 aliphatic rings. The fraction of sp³-hybridized carbons (Fsp3) is 0.611. The highest BCUT2D eigenvalue weighted by Crippen LogP contribution is 2.30. The number of likely N-dealkylation sites (tertiary alicyclic amines) is 2. The number of rotatable bonds is 3. The van der Waals surface area contributed by atoms with Gasteiger partial charge in [-0.25, -0.2) is 4.39 Å². The second-order valence-electron chi connectivity index (χ2n) is 6.73. The van der Waals surface area contributed by atoms with Crippen molar-refractivity contribution in [2.75, 3.05) is 26.2 Å². The summed E-state index contributed by atoms with van der Waals surface area (Å²) in [5, 5.41) is 0. The number of hydrogen-bond acceptors (Lipinski definition) is 2. The number of nitrogens with zero attached hydrogens (tertiary/aromatic N) is 2. The van der Waals surface area contributed by atoms with Gasteiger partial charge in [-0.15, -0.1) is 0 Å². The third-order valence-corrected chi connectivity index (χ3v) is 4.91. The van der Waals surface area contributed by atoms with Crippen molar-refractivity contribution in [2.45, 2.75) is 44.8 Å². The summed E-state index contributed by atoms with van der Waals surface area (Å²) >= 11 is 0. The molecule has 0 aliphatic carbocycles. The number of aryl methyl sites for hydroxylation is 1. The molecule has 3 nitrogen and oxygen atoms in total. The highest BCUT2D eigenvalue weighted by Gasteiger charge is 2.44. The summed E-state index contributed by atoms with van der Waals surface area (Å²) < 4.78 is 15.0. The van der Waals surface area contributed by atoms with Gasteiger partial charge < -0.3 is 4.90 Å². The number of halogens is 1. The van der Waals surface area contributed by atoms with Crippen LogP contribution >= 0.6 is 0 Å². The van der Waals surface area contributed by atoms with Gasteiger partial charge in [0.2, 0.25) is 0 Å². The Balaban J connectivity index is 1.56. The van der Waals surface area contributed by atoms with Gasteiger partial charge in [0, 0.05) is 45.6 Å². The monoisotopic (exact) mass is 304 g/mol. The molecule has 1 aromatic carbocycles. The van der Waals surface area contributed by atoms with E-state index in [1.165, 1.54) is 11.1 Å². The van der Waals surface area contributed by atoms with Gasteiger partial charge in [-0.3, -0.25) is 9.69 Å². The van der Waals surface area contributed by atoms with Crippen molar-refractivity contribution in [1.82, 2.24) is 9.80 Å². The van der Waals surface area contributed by atoms with Gasteiger partial charge in [0.15, 0.2) is 5.67 Å². The van der Waals surface area contributed by atoms with Gasteiger partial charge in [0.05, 0.1) is 0 Å². The van der Waals surface area contributed by atoms with E-state index in [-0.39, 0.29) is 5.91 Å². The molecule has 120 valence electrons. The quantitative estimate of drug-likeness (QED) is 0.857. The van der Waals surface area contributed by atoms with E-state index >= 15 is 0 Å². The van der Waals surface area contributed by atoms with Crippen LogP contribution in [0, 0.1) is 6.92 Å². The predicted octanol–water partition coefficient (Wildman–Crippen LogP) is 2.92. The molecule has 3 rings (SSSR count). The number of hydrogen-bond donors (Lipinski definition) is 0. The molecular formula is C18H25FN2O. The minimum absolute atomic E-state index is 0.264. The number of carbonyl (C=O) groups is 1. The molecule has 4 heteroatoms. The molecule has 0 N–H and O–H groups in total. The molecule has 2 heterocycles. The Kier molecular flexibility index (Phi) is 4.48. The smallest absolute Gasteiger partial charge is 0.260 e. The molecule has 0 spiro atoms. The molecule has 0 atom stereocenters. The van der Waals surface area contributed by atoms with Gasteiger partial charge >= 0.3 is 0 Å². The molecule has 0 unspecified atom stereocenters. The van der Waals surface area contributed by atoms with Crippen LogP contribution < -0.4 is 0 Å². The maximum Gasteiger partial charge on any atom is 0.260 e. The van der Waals surface area contributed by atoms with Crippen LogP contribution in [0.5, 0.6) is 0 Å². The molecule has 22 heavy (non-hydrogen) atoms. The van der Waals surface area contributed by atoms with Crippen molar-refractivity contribution in [1.29, 1.82) is 0 Å². The standard InChI is InChI=1S/C18H25FN2O/c1-15-5-4-6-16(13-15)14-20-11-7-18(19,8-12-20)17(22)21-9-2-3-10-21/h4-6,13H,2-3,7-12,14H2,1H3. The lowest BCUT2D eigenvalue weighted by Gasteiger charge is -2.37. The zero-order valence-corrected chi connectivity index (χ0v) is 13.4. The van der Waals surface area contributed by atoms with Gasteiger partial charge in [0.25, 0.3) is 5.91 Å². The minimum Gasteiger partial charge on any atom is -0.340 e. The highest BCUT2D eigenvalue weighted by molar-refractivity contribution is 5.85. The lowest BCUT2D eigenvalue weighted by molar-refractivity contribution is -0.146. The Hall–Kier alpha value is -1.42. The molecule has 0 aromatic heterocycles. The normalized spacial score (nSPS) is 22.0. The summed E-state index contributed by atoms with van der Waals surface area (Å²) in [5.74, 6) is -0.264. The first-order chi connectivity index (χ1) is 10.6. The van der Waals surface area contributed by atoms with E-state index in [1.54, 1.807) is 4.90 Å². The SMILES string of the molecule is Cc1cccc(CN2CCC(F)(C(=O)N3CCCC3)CC2)c1. The average Bonchev–Trinajstić information content (AvgIpc) is 3.03. The number of carbonyl (C=O) groups excluding carboxylic acids is 1. The molecule has 2 aliphatic heterocycles. The van der Waals surface area contributed by atoms with Crippen LogP contribution in [0.2, 0.25) is 0 Å². The Labute approximate surface area is 132 Å². The lowest BCUT2D eigenvalue weighted by Crippen LogP contribution is -2.51. The molecule has 0 bridgehead atoms. The molecule has 1 amide bonds.